The molecule has 2 aromatic heterocycles. The minimum atomic E-state index is 0.0147. The van der Waals surface area contributed by atoms with Gasteiger partial charge in [0.25, 0.3) is 0 Å². The number of anilines is 1. The van der Waals surface area contributed by atoms with Crippen molar-refractivity contribution >= 4 is 22.6 Å². The van der Waals surface area contributed by atoms with Crippen LogP contribution in [0.15, 0.2) is 72.0 Å². The monoisotopic (exact) mass is 403 g/mol. The summed E-state index contributed by atoms with van der Waals surface area (Å²) in [6.45, 7) is 3.29. The van der Waals surface area contributed by atoms with Crippen molar-refractivity contribution in [2.75, 3.05) is 25.5 Å². The summed E-state index contributed by atoms with van der Waals surface area (Å²) >= 11 is 1.88. The van der Waals surface area contributed by atoms with E-state index in [4.69, 9.17) is 4.99 Å². The van der Waals surface area contributed by atoms with Gasteiger partial charge in [-0.1, -0.05) is 24.8 Å². The molecule has 2 aliphatic rings. The number of amidine groups is 1. The molecule has 0 aliphatic carbocycles. The van der Waals surface area contributed by atoms with Crippen LogP contribution in [0.3, 0.4) is 0 Å². The van der Waals surface area contributed by atoms with E-state index in [2.05, 4.69) is 95.1 Å². The third-order valence-corrected chi connectivity index (χ3v) is 6.71. The highest BCUT2D eigenvalue weighted by Gasteiger charge is 2.44. The van der Waals surface area contributed by atoms with Crippen LogP contribution in [0.25, 0.3) is 5.69 Å². The summed E-state index contributed by atoms with van der Waals surface area (Å²) in [5.74, 6) is 0. The molecule has 0 bridgehead atoms. The Hall–Kier alpha value is -2.73. The summed E-state index contributed by atoms with van der Waals surface area (Å²) in [4.78, 5) is 14.3. The molecule has 1 aromatic carbocycles. The molecule has 5 rings (SSSR count). The van der Waals surface area contributed by atoms with E-state index >= 15 is 0 Å². The van der Waals surface area contributed by atoms with Gasteiger partial charge in [0.1, 0.15) is 6.04 Å². The maximum atomic E-state index is 5.10. The predicted octanol–water partition coefficient (Wildman–Crippen LogP) is 4.53. The van der Waals surface area contributed by atoms with Gasteiger partial charge in [-0.25, -0.2) is 0 Å². The standard InChI is InChI=1S/C23H25N5S/c1-16-15-28-22(21(25-23(28)29-16)19-7-4-5-13-24-19)20-8-6-14-27(20)18-11-9-17(10-12-18)26(2)3/h4-14,16,21-22H,15H2,1-3H3/t16-,21-,22-/m1/s1. The van der Waals surface area contributed by atoms with Gasteiger partial charge in [0, 0.05) is 55.4 Å². The number of nitrogens with zero attached hydrogens (tertiary/aromatic N) is 5. The van der Waals surface area contributed by atoms with E-state index in [1.54, 1.807) is 0 Å². The summed E-state index contributed by atoms with van der Waals surface area (Å²) in [7, 11) is 4.13. The van der Waals surface area contributed by atoms with Gasteiger partial charge in [-0.2, -0.15) is 0 Å². The Morgan fingerprint density at radius 3 is 2.59 bits per heavy atom. The predicted molar refractivity (Wildman–Crippen MR) is 121 cm³/mol. The molecule has 0 unspecified atom stereocenters. The third kappa shape index (κ3) is 3.21. The molecule has 2 aliphatic heterocycles. The second-order valence-corrected chi connectivity index (χ2v) is 9.26. The number of hydrogen-bond donors (Lipinski definition) is 0. The van der Waals surface area contributed by atoms with Gasteiger partial charge in [0.2, 0.25) is 0 Å². The summed E-state index contributed by atoms with van der Waals surface area (Å²) in [5, 5.41) is 1.71. The molecule has 4 heterocycles. The van der Waals surface area contributed by atoms with E-state index in [-0.39, 0.29) is 12.1 Å². The first-order valence-electron chi connectivity index (χ1n) is 9.99. The van der Waals surface area contributed by atoms with Crippen LogP contribution in [0.5, 0.6) is 0 Å². The molecule has 0 amide bonds. The van der Waals surface area contributed by atoms with Crippen molar-refractivity contribution < 1.29 is 0 Å². The molecular formula is C23H25N5S. The third-order valence-electron chi connectivity index (χ3n) is 5.61. The fraction of sp³-hybridized carbons (Fsp3) is 0.304. The van der Waals surface area contributed by atoms with E-state index < -0.39 is 0 Å². The van der Waals surface area contributed by atoms with Crippen LogP contribution in [0.2, 0.25) is 0 Å². The molecule has 148 valence electrons. The van der Waals surface area contributed by atoms with Gasteiger partial charge in [-0.3, -0.25) is 9.98 Å². The average molecular weight is 404 g/mol. The van der Waals surface area contributed by atoms with Crippen molar-refractivity contribution in [2.24, 2.45) is 4.99 Å². The molecule has 0 N–H and O–H groups in total. The Labute approximate surface area is 176 Å². The van der Waals surface area contributed by atoms with Crippen molar-refractivity contribution in [3.05, 3.63) is 78.4 Å². The minimum Gasteiger partial charge on any atom is -0.378 e. The second-order valence-electron chi connectivity index (χ2n) is 7.85. The van der Waals surface area contributed by atoms with E-state index in [9.17, 15) is 0 Å². The van der Waals surface area contributed by atoms with Gasteiger partial charge in [0.15, 0.2) is 5.17 Å². The number of aromatic nitrogens is 2. The summed E-state index contributed by atoms with van der Waals surface area (Å²) in [6, 6.07) is 19.4. The molecule has 6 heteroatoms. The Balaban J connectivity index is 1.56. The zero-order valence-corrected chi connectivity index (χ0v) is 17.8. The summed E-state index contributed by atoms with van der Waals surface area (Å²) in [5.41, 5.74) is 4.66. The van der Waals surface area contributed by atoms with Crippen LogP contribution >= 0.6 is 11.8 Å². The first-order valence-corrected chi connectivity index (χ1v) is 10.9. The highest BCUT2D eigenvalue weighted by molar-refractivity contribution is 8.14. The second kappa shape index (κ2) is 7.26. The largest absolute Gasteiger partial charge is 0.378 e. The Kier molecular flexibility index (Phi) is 4.59. The van der Waals surface area contributed by atoms with Gasteiger partial charge < -0.3 is 14.4 Å². The molecule has 0 saturated carbocycles. The number of thioether (sulfide) groups is 1. The lowest BCUT2D eigenvalue weighted by Crippen LogP contribution is -2.30. The molecule has 0 spiro atoms. The lowest BCUT2D eigenvalue weighted by Gasteiger charge is -2.28. The van der Waals surface area contributed by atoms with Gasteiger partial charge in [0.05, 0.1) is 11.7 Å². The number of rotatable bonds is 4. The smallest absolute Gasteiger partial charge is 0.160 e. The van der Waals surface area contributed by atoms with Crippen molar-refractivity contribution in [1.29, 1.82) is 0 Å². The average Bonchev–Trinajstić information content (AvgIpc) is 3.42. The molecule has 3 aromatic rings. The highest BCUT2D eigenvalue weighted by Crippen LogP contribution is 2.47. The quantitative estimate of drug-likeness (QED) is 0.641. The topological polar surface area (TPSA) is 36.7 Å². The number of aliphatic imine (C=N–C) groups is 1. The molecule has 1 fully saturated rings. The number of fused-ring (bicyclic) bond motifs is 1. The normalized spacial score (nSPS) is 23.2. The van der Waals surface area contributed by atoms with Crippen LogP contribution in [-0.4, -0.2) is 45.5 Å². The van der Waals surface area contributed by atoms with Gasteiger partial charge >= 0.3 is 0 Å². The lowest BCUT2D eigenvalue weighted by molar-refractivity contribution is 0.312. The maximum absolute atomic E-state index is 5.10. The summed E-state index contributed by atoms with van der Waals surface area (Å²) < 4.78 is 2.30. The van der Waals surface area contributed by atoms with Crippen LogP contribution in [-0.2, 0) is 0 Å². The number of pyridine rings is 1. The Morgan fingerprint density at radius 1 is 1.03 bits per heavy atom. The molecule has 1 saturated heterocycles. The van der Waals surface area contributed by atoms with Crippen LogP contribution in [0.1, 0.15) is 30.4 Å². The molecule has 0 radical (unpaired) electrons. The van der Waals surface area contributed by atoms with Crippen molar-refractivity contribution in [2.45, 2.75) is 24.3 Å². The fourth-order valence-electron chi connectivity index (χ4n) is 4.22. The van der Waals surface area contributed by atoms with Crippen LogP contribution in [0, 0.1) is 0 Å². The van der Waals surface area contributed by atoms with Gasteiger partial charge in [-0.15, -0.1) is 0 Å². The minimum absolute atomic E-state index is 0.0147. The van der Waals surface area contributed by atoms with E-state index in [1.807, 2.05) is 24.0 Å². The number of benzene rings is 1. The molecule has 29 heavy (non-hydrogen) atoms. The zero-order valence-electron chi connectivity index (χ0n) is 16.9. The first-order chi connectivity index (χ1) is 14.1. The van der Waals surface area contributed by atoms with E-state index in [0.717, 1.165) is 17.4 Å². The van der Waals surface area contributed by atoms with Crippen LogP contribution in [0.4, 0.5) is 5.69 Å². The number of hydrogen-bond acceptors (Lipinski definition) is 5. The SMILES string of the molecule is C[C@@H]1CN2C(=N[C@H](c3ccccn3)[C@H]2c2cccn2-c2ccc(N(C)C)cc2)S1. The lowest BCUT2D eigenvalue weighted by atomic mass is 10.0. The Morgan fingerprint density at radius 2 is 1.86 bits per heavy atom. The molecule has 3 atom stereocenters. The summed E-state index contributed by atoms with van der Waals surface area (Å²) in [6.07, 6.45) is 4.02. The Bertz CT molecular complexity index is 1020. The van der Waals surface area contributed by atoms with E-state index in [0.29, 0.717) is 5.25 Å². The van der Waals surface area contributed by atoms with Crippen molar-refractivity contribution in [1.82, 2.24) is 14.5 Å². The molecule has 5 nitrogen and oxygen atoms in total. The highest BCUT2D eigenvalue weighted by atomic mass is 32.2. The van der Waals surface area contributed by atoms with Crippen molar-refractivity contribution in [3.63, 3.8) is 0 Å². The fourth-order valence-corrected chi connectivity index (χ4v) is 5.31. The maximum Gasteiger partial charge on any atom is 0.160 e. The molecular weight excluding hydrogens is 378 g/mol. The van der Waals surface area contributed by atoms with E-state index in [1.165, 1.54) is 17.1 Å². The van der Waals surface area contributed by atoms with Crippen LogP contribution < -0.4 is 4.90 Å². The van der Waals surface area contributed by atoms with Gasteiger partial charge in [-0.05, 0) is 48.5 Å². The zero-order chi connectivity index (χ0) is 20.0. The van der Waals surface area contributed by atoms with Crippen molar-refractivity contribution in [3.8, 4) is 5.69 Å². The first kappa shape index (κ1) is 18.3.